The molecule has 5 aromatic rings. The summed E-state index contributed by atoms with van der Waals surface area (Å²) in [7, 11) is 0. The standard InChI is InChI=1S/C26H20N2O2/c1-17-9-14-24-23(15-17)28-25(30-24)16-18-10-12-20(13-11-18)27-26(29)22-8-4-6-19-5-2-3-7-21(19)22/h2-15H,16H2,1H3,(H,27,29). The highest BCUT2D eigenvalue weighted by Gasteiger charge is 2.11. The molecule has 0 spiro atoms. The highest BCUT2D eigenvalue weighted by Crippen LogP contribution is 2.22. The lowest BCUT2D eigenvalue weighted by molar-refractivity contribution is 0.102. The van der Waals surface area contributed by atoms with E-state index >= 15 is 0 Å². The topological polar surface area (TPSA) is 55.1 Å². The van der Waals surface area contributed by atoms with Crippen molar-refractivity contribution in [3.8, 4) is 0 Å². The van der Waals surface area contributed by atoms with Crippen molar-refractivity contribution in [3.05, 3.63) is 108 Å². The van der Waals surface area contributed by atoms with Crippen molar-refractivity contribution in [2.24, 2.45) is 0 Å². The third kappa shape index (κ3) is 3.55. The minimum absolute atomic E-state index is 0.117. The Kier molecular flexibility index (Phi) is 4.52. The van der Waals surface area contributed by atoms with Crippen molar-refractivity contribution in [2.45, 2.75) is 13.3 Å². The number of nitrogens with one attached hydrogen (secondary N) is 1. The number of oxazole rings is 1. The van der Waals surface area contributed by atoms with Gasteiger partial charge in [0.25, 0.3) is 5.91 Å². The van der Waals surface area contributed by atoms with E-state index in [9.17, 15) is 4.79 Å². The molecule has 0 aliphatic carbocycles. The molecule has 0 aliphatic rings. The Bertz CT molecular complexity index is 1360. The second-order valence-corrected chi connectivity index (χ2v) is 7.43. The van der Waals surface area contributed by atoms with Gasteiger partial charge < -0.3 is 9.73 Å². The SMILES string of the molecule is Cc1ccc2oc(Cc3ccc(NC(=O)c4cccc5ccccc45)cc3)nc2c1. The molecule has 1 N–H and O–H groups in total. The summed E-state index contributed by atoms with van der Waals surface area (Å²) in [5.74, 6) is 0.567. The predicted molar refractivity (Wildman–Crippen MR) is 120 cm³/mol. The van der Waals surface area contributed by atoms with Gasteiger partial charge in [0.05, 0.1) is 0 Å². The van der Waals surface area contributed by atoms with Crippen LogP contribution in [0.2, 0.25) is 0 Å². The number of hydrogen-bond donors (Lipinski definition) is 1. The van der Waals surface area contributed by atoms with E-state index in [2.05, 4.69) is 10.3 Å². The molecular formula is C26H20N2O2. The molecule has 0 atom stereocenters. The molecule has 0 bridgehead atoms. The maximum Gasteiger partial charge on any atom is 0.256 e. The smallest absolute Gasteiger partial charge is 0.256 e. The Balaban J connectivity index is 1.32. The fraction of sp³-hybridized carbons (Fsp3) is 0.0769. The van der Waals surface area contributed by atoms with Crippen LogP contribution in [0.1, 0.15) is 27.4 Å². The number of carbonyl (C=O) groups excluding carboxylic acids is 1. The molecule has 5 rings (SSSR count). The first-order valence-corrected chi connectivity index (χ1v) is 9.90. The summed E-state index contributed by atoms with van der Waals surface area (Å²) >= 11 is 0. The number of amides is 1. The number of benzene rings is 4. The van der Waals surface area contributed by atoms with Crippen molar-refractivity contribution in [3.63, 3.8) is 0 Å². The molecule has 1 heterocycles. The van der Waals surface area contributed by atoms with Crippen molar-refractivity contribution in [1.82, 2.24) is 4.98 Å². The fourth-order valence-electron chi connectivity index (χ4n) is 3.66. The van der Waals surface area contributed by atoms with E-state index in [1.807, 2.05) is 91.9 Å². The van der Waals surface area contributed by atoms with Crippen molar-refractivity contribution < 1.29 is 9.21 Å². The zero-order valence-corrected chi connectivity index (χ0v) is 16.6. The van der Waals surface area contributed by atoms with Crippen molar-refractivity contribution >= 4 is 33.5 Å². The van der Waals surface area contributed by atoms with Gasteiger partial charge in [0.1, 0.15) is 5.52 Å². The molecule has 0 saturated carbocycles. The summed E-state index contributed by atoms with van der Waals surface area (Å²) in [4.78, 5) is 17.4. The Morgan fingerprint density at radius 2 is 1.73 bits per heavy atom. The summed E-state index contributed by atoms with van der Waals surface area (Å²) in [5, 5.41) is 4.99. The maximum absolute atomic E-state index is 12.8. The normalized spacial score (nSPS) is 11.1. The lowest BCUT2D eigenvalue weighted by atomic mass is 10.0. The molecule has 0 fully saturated rings. The third-order valence-corrected chi connectivity index (χ3v) is 5.19. The van der Waals surface area contributed by atoms with Crippen LogP contribution in [0.15, 0.2) is 89.3 Å². The van der Waals surface area contributed by atoms with Gasteiger partial charge in [-0.15, -0.1) is 0 Å². The second kappa shape index (κ2) is 7.48. The molecule has 30 heavy (non-hydrogen) atoms. The Morgan fingerprint density at radius 1 is 0.933 bits per heavy atom. The Labute approximate surface area is 174 Å². The van der Waals surface area contributed by atoms with Crippen LogP contribution in [-0.4, -0.2) is 10.9 Å². The van der Waals surface area contributed by atoms with Gasteiger partial charge in [0.15, 0.2) is 11.5 Å². The van der Waals surface area contributed by atoms with Crippen LogP contribution in [0.25, 0.3) is 21.9 Å². The van der Waals surface area contributed by atoms with Crippen molar-refractivity contribution in [2.75, 3.05) is 5.32 Å². The van der Waals surface area contributed by atoms with E-state index in [1.165, 1.54) is 0 Å². The number of carbonyl (C=O) groups is 1. The van der Waals surface area contributed by atoms with Gasteiger partial charge in [-0.2, -0.15) is 0 Å². The quantitative estimate of drug-likeness (QED) is 0.400. The lowest BCUT2D eigenvalue weighted by Gasteiger charge is -2.08. The van der Waals surface area contributed by atoms with Gasteiger partial charge >= 0.3 is 0 Å². The van der Waals surface area contributed by atoms with Crippen LogP contribution in [-0.2, 0) is 6.42 Å². The molecule has 4 heteroatoms. The zero-order chi connectivity index (χ0) is 20.5. The molecule has 0 aliphatic heterocycles. The number of nitrogens with zero attached hydrogens (tertiary/aromatic N) is 1. The van der Waals surface area contributed by atoms with Crippen LogP contribution in [0.5, 0.6) is 0 Å². The third-order valence-electron chi connectivity index (χ3n) is 5.19. The predicted octanol–water partition coefficient (Wildman–Crippen LogP) is 6.13. The van der Waals surface area contributed by atoms with E-state index < -0.39 is 0 Å². The molecular weight excluding hydrogens is 372 g/mol. The molecule has 1 amide bonds. The summed E-state index contributed by atoms with van der Waals surface area (Å²) in [6, 6.07) is 27.4. The fourth-order valence-corrected chi connectivity index (χ4v) is 3.66. The first-order chi connectivity index (χ1) is 14.7. The number of fused-ring (bicyclic) bond motifs is 2. The van der Waals surface area contributed by atoms with Crippen LogP contribution in [0, 0.1) is 6.92 Å². The van der Waals surface area contributed by atoms with E-state index in [0.717, 1.165) is 38.7 Å². The lowest BCUT2D eigenvalue weighted by Crippen LogP contribution is -2.12. The van der Waals surface area contributed by atoms with Crippen LogP contribution >= 0.6 is 0 Å². The minimum Gasteiger partial charge on any atom is -0.440 e. The summed E-state index contributed by atoms with van der Waals surface area (Å²) in [6.45, 7) is 2.04. The van der Waals surface area contributed by atoms with E-state index in [0.29, 0.717) is 17.9 Å². The van der Waals surface area contributed by atoms with Crippen molar-refractivity contribution in [1.29, 1.82) is 0 Å². The average Bonchev–Trinajstić information content (AvgIpc) is 3.16. The highest BCUT2D eigenvalue weighted by atomic mass is 16.3. The van der Waals surface area contributed by atoms with Gasteiger partial charge in [0.2, 0.25) is 0 Å². The van der Waals surface area contributed by atoms with Gasteiger partial charge in [-0.1, -0.05) is 54.6 Å². The average molecular weight is 392 g/mol. The molecule has 146 valence electrons. The summed E-state index contributed by atoms with van der Waals surface area (Å²) in [6.07, 6.45) is 0.602. The first-order valence-electron chi connectivity index (χ1n) is 9.90. The largest absolute Gasteiger partial charge is 0.440 e. The minimum atomic E-state index is -0.117. The Morgan fingerprint density at radius 3 is 2.60 bits per heavy atom. The number of aryl methyl sites for hydroxylation is 1. The number of hydrogen-bond acceptors (Lipinski definition) is 3. The summed E-state index contributed by atoms with van der Waals surface area (Å²) < 4.78 is 5.84. The van der Waals surface area contributed by atoms with Crippen LogP contribution in [0.4, 0.5) is 5.69 Å². The maximum atomic E-state index is 12.8. The number of aromatic nitrogens is 1. The summed E-state index contributed by atoms with van der Waals surface area (Å²) in [5.41, 5.74) is 5.33. The van der Waals surface area contributed by atoms with E-state index in [-0.39, 0.29) is 5.91 Å². The van der Waals surface area contributed by atoms with Gasteiger partial charge in [0, 0.05) is 17.7 Å². The number of anilines is 1. The molecule has 1 aromatic heterocycles. The van der Waals surface area contributed by atoms with Gasteiger partial charge in [-0.25, -0.2) is 4.98 Å². The zero-order valence-electron chi connectivity index (χ0n) is 16.6. The highest BCUT2D eigenvalue weighted by molar-refractivity contribution is 6.12. The molecule has 0 saturated heterocycles. The number of rotatable bonds is 4. The molecule has 4 aromatic carbocycles. The monoisotopic (exact) mass is 392 g/mol. The Hall–Kier alpha value is -3.92. The van der Waals surface area contributed by atoms with E-state index in [4.69, 9.17) is 4.42 Å². The molecule has 0 unspecified atom stereocenters. The van der Waals surface area contributed by atoms with Gasteiger partial charge in [-0.05, 0) is 59.2 Å². The second-order valence-electron chi connectivity index (χ2n) is 7.43. The van der Waals surface area contributed by atoms with E-state index in [1.54, 1.807) is 0 Å². The molecule has 4 nitrogen and oxygen atoms in total. The first kappa shape index (κ1) is 18.1. The van der Waals surface area contributed by atoms with Crippen LogP contribution in [0.3, 0.4) is 0 Å². The molecule has 0 radical (unpaired) electrons. The van der Waals surface area contributed by atoms with Crippen LogP contribution < -0.4 is 5.32 Å². The van der Waals surface area contributed by atoms with Gasteiger partial charge in [-0.3, -0.25) is 4.79 Å².